The van der Waals surface area contributed by atoms with Gasteiger partial charge in [0.1, 0.15) is 11.5 Å². The molecule has 15 heavy (non-hydrogen) atoms. The summed E-state index contributed by atoms with van der Waals surface area (Å²) in [6, 6.07) is 1.85. The first-order chi connectivity index (χ1) is 7.15. The first-order valence-corrected chi connectivity index (χ1v) is 5.40. The molecule has 82 valence electrons. The van der Waals surface area contributed by atoms with Gasteiger partial charge in [0.25, 0.3) is 0 Å². The molecule has 0 saturated carbocycles. The Morgan fingerprint density at radius 3 is 3.07 bits per heavy atom. The average Bonchev–Trinajstić information content (AvgIpc) is 2.70. The van der Waals surface area contributed by atoms with Crippen molar-refractivity contribution in [2.45, 2.75) is 19.3 Å². The Hall–Kier alpha value is -0.930. The Labute approximate surface area is 93.8 Å². The molecule has 0 aromatic heterocycles. The Bertz CT molecular complexity index is 393. The van der Waals surface area contributed by atoms with Gasteiger partial charge in [0.15, 0.2) is 0 Å². The lowest BCUT2D eigenvalue weighted by Gasteiger charge is -2.14. The highest BCUT2D eigenvalue weighted by Gasteiger charge is 2.23. The molecular formula is C11H14ClNO2. The van der Waals surface area contributed by atoms with E-state index in [1.807, 2.05) is 13.0 Å². The van der Waals surface area contributed by atoms with Gasteiger partial charge < -0.3 is 15.6 Å². The zero-order valence-electron chi connectivity index (χ0n) is 8.59. The van der Waals surface area contributed by atoms with Crippen LogP contribution >= 0.6 is 11.6 Å². The average molecular weight is 228 g/mol. The van der Waals surface area contributed by atoms with E-state index in [0.29, 0.717) is 18.2 Å². The predicted octanol–water partition coefficient (Wildman–Crippen LogP) is 2.04. The van der Waals surface area contributed by atoms with E-state index in [4.69, 9.17) is 22.1 Å². The molecule has 1 aromatic carbocycles. The minimum atomic E-state index is 0.0806. The summed E-state index contributed by atoms with van der Waals surface area (Å²) in [5.41, 5.74) is 7.24. The number of benzene rings is 1. The van der Waals surface area contributed by atoms with E-state index >= 15 is 0 Å². The van der Waals surface area contributed by atoms with Crippen LogP contribution in [0.5, 0.6) is 11.5 Å². The van der Waals surface area contributed by atoms with Crippen molar-refractivity contribution >= 4 is 11.6 Å². The third-order valence-corrected chi connectivity index (χ3v) is 3.23. The van der Waals surface area contributed by atoms with Crippen molar-refractivity contribution < 1.29 is 9.84 Å². The molecule has 1 aliphatic rings. The fourth-order valence-electron chi connectivity index (χ4n) is 1.80. The smallest absolute Gasteiger partial charge is 0.138 e. The Morgan fingerprint density at radius 1 is 1.67 bits per heavy atom. The summed E-state index contributed by atoms with van der Waals surface area (Å²) in [5, 5.41) is 10.3. The van der Waals surface area contributed by atoms with Crippen LogP contribution in [0.3, 0.4) is 0 Å². The number of nitrogens with two attached hydrogens (primary N) is 1. The highest BCUT2D eigenvalue weighted by atomic mass is 35.5. The number of phenolic OH excluding ortho intramolecular Hbond substituents is 1. The number of aromatic hydroxyl groups is 1. The second-order valence-corrected chi connectivity index (χ2v) is 4.22. The lowest BCUT2D eigenvalue weighted by atomic mass is 9.97. The lowest BCUT2D eigenvalue weighted by Crippen LogP contribution is -2.09. The summed E-state index contributed by atoms with van der Waals surface area (Å²) in [6.07, 6.45) is 0.763. The lowest BCUT2D eigenvalue weighted by molar-refractivity contribution is 0.356. The highest BCUT2D eigenvalue weighted by Crippen LogP contribution is 2.42. The number of halogens is 1. The maximum atomic E-state index is 9.92. The number of rotatable bonds is 2. The van der Waals surface area contributed by atoms with Gasteiger partial charge in [0.05, 0.1) is 11.6 Å². The number of ether oxygens (including phenoxy) is 1. The van der Waals surface area contributed by atoms with Crippen LogP contribution in [0.2, 0.25) is 5.02 Å². The largest absolute Gasteiger partial charge is 0.506 e. The van der Waals surface area contributed by atoms with Crippen LogP contribution in [0.4, 0.5) is 0 Å². The summed E-state index contributed by atoms with van der Waals surface area (Å²) < 4.78 is 5.43. The monoisotopic (exact) mass is 227 g/mol. The predicted molar refractivity (Wildman–Crippen MR) is 59.8 cm³/mol. The summed E-state index contributed by atoms with van der Waals surface area (Å²) in [6.45, 7) is 3.06. The highest BCUT2D eigenvalue weighted by molar-refractivity contribution is 6.33. The van der Waals surface area contributed by atoms with E-state index in [1.165, 1.54) is 0 Å². The van der Waals surface area contributed by atoms with Gasteiger partial charge in [0, 0.05) is 17.5 Å². The van der Waals surface area contributed by atoms with Gasteiger partial charge in [-0.15, -0.1) is 0 Å². The van der Waals surface area contributed by atoms with Crippen molar-refractivity contribution in [1.29, 1.82) is 0 Å². The standard InChI is InChI=1S/C11H14ClNO2/c1-6(5-13)8-4-9-7(2-3-15-9)10(12)11(8)14/h4,6,14H,2-3,5,13H2,1H3. The Kier molecular flexibility index (Phi) is 2.76. The van der Waals surface area contributed by atoms with Gasteiger partial charge in [-0.25, -0.2) is 0 Å². The van der Waals surface area contributed by atoms with Crippen LogP contribution in [0, 0.1) is 0 Å². The number of hydrogen-bond donors (Lipinski definition) is 2. The van der Waals surface area contributed by atoms with Crippen LogP contribution in [0.25, 0.3) is 0 Å². The maximum Gasteiger partial charge on any atom is 0.138 e. The van der Waals surface area contributed by atoms with Gasteiger partial charge in [0.2, 0.25) is 0 Å². The molecule has 3 N–H and O–H groups in total. The molecule has 1 atom stereocenters. The fraction of sp³-hybridized carbons (Fsp3) is 0.455. The van der Waals surface area contributed by atoms with Crippen molar-refractivity contribution in [1.82, 2.24) is 0 Å². The van der Waals surface area contributed by atoms with Crippen LogP contribution in [-0.4, -0.2) is 18.3 Å². The van der Waals surface area contributed by atoms with Gasteiger partial charge >= 0.3 is 0 Å². The van der Waals surface area contributed by atoms with E-state index in [0.717, 1.165) is 23.3 Å². The third-order valence-electron chi connectivity index (χ3n) is 2.82. The van der Waals surface area contributed by atoms with Crippen LogP contribution < -0.4 is 10.5 Å². The van der Waals surface area contributed by atoms with Gasteiger partial charge in [-0.1, -0.05) is 18.5 Å². The second-order valence-electron chi connectivity index (χ2n) is 3.84. The minimum absolute atomic E-state index is 0.0806. The minimum Gasteiger partial charge on any atom is -0.506 e. The molecule has 0 bridgehead atoms. The second kappa shape index (κ2) is 3.91. The van der Waals surface area contributed by atoms with Crippen molar-refractivity contribution in [2.75, 3.05) is 13.2 Å². The van der Waals surface area contributed by atoms with E-state index in [1.54, 1.807) is 0 Å². The van der Waals surface area contributed by atoms with Crippen molar-refractivity contribution in [2.24, 2.45) is 5.73 Å². The van der Waals surface area contributed by atoms with E-state index in [-0.39, 0.29) is 11.7 Å². The van der Waals surface area contributed by atoms with E-state index in [9.17, 15) is 5.11 Å². The molecular weight excluding hydrogens is 214 g/mol. The Morgan fingerprint density at radius 2 is 2.40 bits per heavy atom. The van der Waals surface area contributed by atoms with Crippen LogP contribution in [0.1, 0.15) is 24.0 Å². The molecule has 0 saturated heterocycles. The quantitative estimate of drug-likeness (QED) is 0.813. The molecule has 0 radical (unpaired) electrons. The molecule has 1 unspecified atom stereocenters. The van der Waals surface area contributed by atoms with E-state index in [2.05, 4.69) is 0 Å². The number of hydrogen-bond acceptors (Lipinski definition) is 3. The molecule has 1 heterocycles. The van der Waals surface area contributed by atoms with Gasteiger partial charge in [-0.05, 0) is 18.5 Å². The molecule has 1 aromatic rings. The number of fused-ring (bicyclic) bond motifs is 1. The summed E-state index contributed by atoms with van der Waals surface area (Å²) in [4.78, 5) is 0. The molecule has 0 aliphatic carbocycles. The molecule has 4 heteroatoms. The molecule has 3 nitrogen and oxygen atoms in total. The van der Waals surface area contributed by atoms with Crippen LogP contribution in [0.15, 0.2) is 6.07 Å². The molecule has 0 fully saturated rings. The van der Waals surface area contributed by atoms with Crippen LogP contribution in [-0.2, 0) is 6.42 Å². The maximum absolute atomic E-state index is 9.92. The van der Waals surface area contributed by atoms with Crippen molar-refractivity contribution in [3.63, 3.8) is 0 Å². The first-order valence-electron chi connectivity index (χ1n) is 5.02. The summed E-state index contributed by atoms with van der Waals surface area (Å²) >= 11 is 6.07. The van der Waals surface area contributed by atoms with Crippen molar-refractivity contribution in [3.05, 3.63) is 22.2 Å². The third kappa shape index (κ3) is 1.66. The SMILES string of the molecule is CC(CN)c1cc2c(c(Cl)c1O)CCO2. The topological polar surface area (TPSA) is 55.5 Å². The number of phenols is 1. The zero-order valence-corrected chi connectivity index (χ0v) is 9.34. The van der Waals surface area contributed by atoms with Crippen molar-refractivity contribution in [3.8, 4) is 11.5 Å². The molecule has 2 rings (SSSR count). The van der Waals surface area contributed by atoms with E-state index < -0.39 is 0 Å². The normalized spacial score (nSPS) is 15.9. The van der Waals surface area contributed by atoms with Gasteiger partial charge in [-0.2, -0.15) is 0 Å². The molecule has 0 amide bonds. The summed E-state index contributed by atoms with van der Waals surface area (Å²) in [5.74, 6) is 1.02. The summed E-state index contributed by atoms with van der Waals surface area (Å²) in [7, 11) is 0. The van der Waals surface area contributed by atoms with Gasteiger partial charge in [-0.3, -0.25) is 0 Å². The Balaban J connectivity index is 2.54. The molecule has 1 aliphatic heterocycles. The zero-order chi connectivity index (χ0) is 11.0. The molecule has 0 spiro atoms. The first kappa shape index (κ1) is 10.6. The fourth-order valence-corrected chi connectivity index (χ4v) is 2.10.